The average molecular weight is 238 g/mol. The van der Waals surface area contributed by atoms with Gasteiger partial charge in [-0.3, -0.25) is 0 Å². The van der Waals surface area contributed by atoms with E-state index in [0.717, 1.165) is 12.2 Å². The third-order valence-electron chi connectivity index (χ3n) is 2.10. The number of aromatic amines is 1. The van der Waals surface area contributed by atoms with Crippen LogP contribution >= 0.6 is 11.6 Å². The quantitative estimate of drug-likeness (QED) is 0.707. The Balaban J connectivity index is 1.92. The summed E-state index contributed by atoms with van der Waals surface area (Å²) in [6.07, 6.45) is 4.29. The Kier molecular flexibility index (Phi) is 3.26. The number of pyridine rings is 1. The molecule has 0 atom stereocenters. The number of anilines is 2. The highest BCUT2D eigenvalue weighted by atomic mass is 35.5. The molecule has 0 aromatic carbocycles. The van der Waals surface area contributed by atoms with E-state index in [9.17, 15) is 0 Å². The van der Waals surface area contributed by atoms with Crippen LogP contribution in [0.1, 0.15) is 5.82 Å². The summed E-state index contributed by atoms with van der Waals surface area (Å²) < 4.78 is 0. The predicted molar refractivity (Wildman–Crippen MR) is 64.4 cm³/mol. The van der Waals surface area contributed by atoms with E-state index < -0.39 is 0 Å². The maximum atomic E-state index is 5.77. The molecule has 0 aliphatic rings. The van der Waals surface area contributed by atoms with E-state index in [-0.39, 0.29) is 0 Å². The molecule has 0 saturated carbocycles. The fourth-order valence-corrected chi connectivity index (χ4v) is 1.47. The van der Waals surface area contributed by atoms with Gasteiger partial charge in [0.25, 0.3) is 0 Å². The third kappa shape index (κ3) is 2.64. The third-order valence-corrected chi connectivity index (χ3v) is 2.31. The number of rotatable bonds is 4. The largest absolute Gasteiger partial charge is 0.396 e. The second-order valence-corrected chi connectivity index (χ2v) is 3.67. The molecular weight excluding hydrogens is 226 g/mol. The summed E-state index contributed by atoms with van der Waals surface area (Å²) in [5, 5.41) is 3.54. The Bertz CT molecular complexity index is 454. The molecular formula is C10H12ClN5. The van der Waals surface area contributed by atoms with Crippen LogP contribution < -0.4 is 11.1 Å². The molecule has 0 radical (unpaired) electrons. The van der Waals surface area contributed by atoms with Crippen molar-refractivity contribution in [3.63, 3.8) is 0 Å². The highest BCUT2D eigenvalue weighted by molar-refractivity contribution is 6.29. The van der Waals surface area contributed by atoms with Gasteiger partial charge in [0.15, 0.2) is 5.82 Å². The lowest BCUT2D eigenvalue weighted by Gasteiger charge is -2.07. The summed E-state index contributed by atoms with van der Waals surface area (Å²) in [4.78, 5) is 11.2. The number of nitrogens with zero attached hydrogens (tertiary/aromatic N) is 2. The van der Waals surface area contributed by atoms with Crippen LogP contribution in [0.25, 0.3) is 0 Å². The minimum absolute atomic E-state index is 0.426. The van der Waals surface area contributed by atoms with E-state index in [1.165, 1.54) is 0 Å². The summed E-state index contributed by atoms with van der Waals surface area (Å²) >= 11 is 5.77. The lowest BCUT2D eigenvalue weighted by Crippen LogP contribution is -2.09. The molecule has 2 aromatic heterocycles. The number of imidazole rings is 1. The second kappa shape index (κ2) is 4.85. The van der Waals surface area contributed by atoms with Gasteiger partial charge >= 0.3 is 0 Å². The van der Waals surface area contributed by atoms with E-state index >= 15 is 0 Å². The topological polar surface area (TPSA) is 79.6 Å². The van der Waals surface area contributed by atoms with Crippen molar-refractivity contribution in [2.24, 2.45) is 0 Å². The second-order valence-electron chi connectivity index (χ2n) is 3.28. The van der Waals surface area contributed by atoms with Gasteiger partial charge in [0.1, 0.15) is 11.0 Å². The Morgan fingerprint density at radius 3 is 3.06 bits per heavy atom. The molecule has 84 valence electrons. The first-order chi connectivity index (χ1) is 7.75. The van der Waals surface area contributed by atoms with E-state index in [0.29, 0.717) is 23.2 Å². The number of H-pyrrole nitrogens is 1. The summed E-state index contributed by atoms with van der Waals surface area (Å²) in [5.74, 6) is 1.53. The molecule has 5 nitrogen and oxygen atoms in total. The fourth-order valence-electron chi connectivity index (χ4n) is 1.32. The standard InChI is InChI=1S/C10H12ClN5/c11-8-2-1-7(12)10(16-8)15-4-3-9-13-5-6-14-9/h1-2,5-6H,3-4,12H2,(H,13,14)(H,15,16). The van der Waals surface area contributed by atoms with Crippen LogP contribution in [0.4, 0.5) is 11.5 Å². The van der Waals surface area contributed by atoms with Crippen molar-refractivity contribution >= 4 is 23.1 Å². The average Bonchev–Trinajstić information content (AvgIpc) is 2.76. The maximum Gasteiger partial charge on any atom is 0.150 e. The van der Waals surface area contributed by atoms with Crippen molar-refractivity contribution in [3.8, 4) is 0 Å². The molecule has 2 aromatic rings. The summed E-state index contributed by atoms with van der Waals surface area (Å²) in [5.41, 5.74) is 6.33. The highest BCUT2D eigenvalue weighted by Gasteiger charge is 2.01. The van der Waals surface area contributed by atoms with Crippen LogP contribution in [0.3, 0.4) is 0 Å². The molecule has 0 bridgehead atoms. The number of nitrogens with one attached hydrogen (secondary N) is 2. The van der Waals surface area contributed by atoms with Crippen LogP contribution in [0, 0.1) is 0 Å². The van der Waals surface area contributed by atoms with Crippen LogP contribution in [0.15, 0.2) is 24.5 Å². The lowest BCUT2D eigenvalue weighted by atomic mass is 10.3. The monoisotopic (exact) mass is 237 g/mol. The summed E-state index contributed by atoms with van der Waals surface area (Å²) in [6, 6.07) is 3.39. The first-order valence-corrected chi connectivity index (χ1v) is 5.27. The van der Waals surface area contributed by atoms with Gasteiger partial charge in [0.2, 0.25) is 0 Å². The van der Waals surface area contributed by atoms with Gasteiger partial charge in [0.05, 0.1) is 5.69 Å². The number of aromatic nitrogens is 3. The lowest BCUT2D eigenvalue weighted by molar-refractivity contribution is 0.922. The minimum atomic E-state index is 0.426. The van der Waals surface area contributed by atoms with Gasteiger partial charge in [-0.1, -0.05) is 11.6 Å². The number of hydrogen-bond donors (Lipinski definition) is 3. The molecule has 0 saturated heterocycles. The van der Waals surface area contributed by atoms with E-state index in [1.807, 2.05) is 0 Å². The van der Waals surface area contributed by atoms with Gasteiger partial charge in [-0.25, -0.2) is 9.97 Å². The Labute approximate surface area is 98.1 Å². The predicted octanol–water partition coefficient (Wildman–Crippen LogP) is 1.69. The first kappa shape index (κ1) is 10.8. The molecule has 0 unspecified atom stereocenters. The van der Waals surface area contributed by atoms with Crippen molar-refractivity contribution in [1.29, 1.82) is 0 Å². The van der Waals surface area contributed by atoms with Gasteiger partial charge in [-0.15, -0.1) is 0 Å². The zero-order chi connectivity index (χ0) is 11.4. The fraction of sp³-hybridized carbons (Fsp3) is 0.200. The molecule has 0 aliphatic carbocycles. The van der Waals surface area contributed by atoms with Crippen LogP contribution in [-0.4, -0.2) is 21.5 Å². The Hall–Kier alpha value is -1.75. The first-order valence-electron chi connectivity index (χ1n) is 4.90. The molecule has 6 heteroatoms. The van der Waals surface area contributed by atoms with Gasteiger partial charge < -0.3 is 16.0 Å². The van der Waals surface area contributed by atoms with Crippen molar-refractivity contribution in [2.45, 2.75) is 6.42 Å². The van der Waals surface area contributed by atoms with Crippen molar-refractivity contribution < 1.29 is 0 Å². The van der Waals surface area contributed by atoms with Crippen LogP contribution in [0.5, 0.6) is 0 Å². The molecule has 4 N–H and O–H groups in total. The maximum absolute atomic E-state index is 5.77. The van der Waals surface area contributed by atoms with E-state index in [2.05, 4.69) is 20.3 Å². The van der Waals surface area contributed by atoms with E-state index in [4.69, 9.17) is 17.3 Å². The van der Waals surface area contributed by atoms with Crippen molar-refractivity contribution in [1.82, 2.24) is 15.0 Å². The van der Waals surface area contributed by atoms with Gasteiger partial charge in [0, 0.05) is 25.4 Å². The zero-order valence-corrected chi connectivity index (χ0v) is 9.33. The number of hydrogen-bond acceptors (Lipinski definition) is 4. The van der Waals surface area contributed by atoms with E-state index in [1.54, 1.807) is 24.5 Å². The van der Waals surface area contributed by atoms with Gasteiger partial charge in [-0.2, -0.15) is 0 Å². The van der Waals surface area contributed by atoms with Crippen LogP contribution in [0.2, 0.25) is 5.15 Å². The Morgan fingerprint density at radius 2 is 2.31 bits per heavy atom. The molecule has 0 amide bonds. The molecule has 0 fully saturated rings. The highest BCUT2D eigenvalue weighted by Crippen LogP contribution is 2.17. The number of nitrogens with two attached hydrogens (primary N) is 1. The number of nitrogen functional groups attached to an aromatic ring is 1. The molecule has 16 heavy (non-hydrogen) atoms. The van der Waals surface area contributed by atoms with Gasteiger partial charge in [-0.05, 0) is 12.1 Å². The van der Waals surface area contributed by atoms with Crippen molar-refractivity contribution in [3.05, 3.63) is 35.5 Å². The molecule has 0 spiro atoms. The van der Waals surface area contributed by atoms with Crippen molar-refractivity contribution in [2.75, 3.05) is 17.6 Å². The molecule has 0 aliphatic heterocycles. The SMILES string of the molecule is Nc1ccc(Cl)nc1NCCc1ncc[nH]1. The normalized spacial score (nSPS) is 10.3. The zero-order valence-electron chi connectivity index (χ0n) is 8.57. The summed E-state index contributed by atoms with van der Waals surface area (Å²) in [6.45, 7) is 0.699. The molecule has 2 rings (SSSR count). The molecule has 2 heterocycles. The minimum Gasteiger partial charge on any atom is -0.396 e. The number of halogens is 1. The van der Waals surface area contributed by atoms with Crippen LogP contribution in [-0.2, 0) is 6.42 Å². The Morgan fingerprint density at radius 1 is 1.44 bits per heavy atom. The smallest absolute Gasteiger partial charge is 0.150 e. The summed E-state index contributed by atoms with van der Waals surface area (Å²) in [7, 11) is 0.